The summed E-state index contributed by atoms with van der Waals surface area (Å²) in [5.74, 6) is 0. The maximum atomic E-state index is 10.6. The van der Waals surface area contributed by atoms with E-state index in [0.29, 0.717) is 13.2 Å². The molecule has 1 aliphatic rings. The van der Waals surface area contributed by atoms with Gasteiger partial charge in [-0.05, 0) is 0 Å². The SMILES string of the molecule is O=C(I)C1CNCCO1. The average Bonchev–Trinajstić information content (AvgIpc) is 1.90. The van der Waals surface area contributed by atoms with E-state index in [2.05, 4.69) is 5.32 Å². The number of rotatable bonds is 1. The summed E-state index contributed by atoms with van der Waals surface area (Å²) in [6.07, 6.45) is -0.209. The van der Waals surface area contributed by atoms with Crippen molar-refractivity contribution in [3.05, 3.63) is 0 Å². The van der Waals surface area contributed by atoms with Gasteiger partial charge in [-0.2, -0.15) is 0 Å². The summed E-state index contributed by atoms with van der Waals surface area (Å²) in [6.45, 7) is 2.18. The van der Waals surface area contributed by atoms with E-state index in [9.17, 15) is 4.79 Å². The summed E-state index contributed by atoms with van der Waals surface area (Å²) in [6, 6.07) is 0. The molecule has 0 radical (unpaired) electrons. The third-order valence-corrected chi connectivity index (χ3v) is 1.88. The molecule has 0 spiro atoms. The van der Waals surface area contributed by atoms with Crippen LogP contribution in [0.4, 0.5) is 0 Å². The molecule has 0 aliphatic carbocycles. The van der Waals surface area contributed by atoms with Crippen LogP contribution in [0.2, 0.25) is 0 Å². The second kappa shape index (κ2) is 3.48. The van der Waals surface area contributed by atoms with Gasteiger partial charge in [0.2, 0.25) is 3.79 Å². The van der Waals surface area contributed by atoms with Crippen molar-refractivity contribution in [1.29, 1.82) is 0 Å². The zero-order chi connectivity index (χ0) is 6.69. The minimum Gasteiger partial charge on any atom is -0.367 e. The molecule has 1 aliphatic heterocycles. The average molecular weight is 241 g/mol. The number of hydrogen-bond donors (Lipinski definition) is 1. The molecule has 0 bridgehead atoms. The Morgan fingerprint density at radius 3 is 2.89 bits per heavy atom. The van der Waals surface area contributed by atoms with Gasteiger partial charge in [0.15, 0.2) is 0 Å². The molecule has 9 heavy (non-hydrogen) atoms. The summed E-state index contributed by atoms with van der Waals surface area (Å²) in [5.41, 5.74) is 0. The van der Waals surface area contributed by atoms with Crippen molar-refractivity contribution in [2.45, 2.75) is 6.10 Å². The molecule has 1 heterocycles. The van der Waals surface area contributed by atoms with Crippen molar-refractivity contribution in [1.82, 2.24) is 5.32 Å². The van der Waals surface area contributed by atoms with Gasteiger partial charge in [0, 0.05) is 35.7 Å². The first kappa shape index (κ1) is 7.43. The van der Waals surface area contributed by atoms with Crippen LogP contribution >= 0.6 is 22.6 Å². The first-order valence-electron chi connectivity index (χ1n) is 2.82. The van der Waals surface area contributed by atoms with Gasteiger partial charge in [-0.1, -0.05) is 0 Å². The highest BCUT2D eigenvalue weighted by Crippen LogP contribution is 2.01. The zero-order valence-corrected chi connectivity index (χ0v) is 7.05. The van der Waals surface area contributed by atoms with Gasteiger partial charge in [0.05, 0.1) is 6.61 Å². The molecule has 0 aromatic heterocycles. The van der Waals surface area contributed by atoms with E-state index in [-0.39, 0.29) is 9.89 Å². The summed E-state index contributed by atoms with van der Waals surface area (Å²) in [7, 11) is 0. The van der Waals surface area contributed by atoms with Gasteiger partial charge in [0.1, 0.15) is 6.10 Å². The Kier molecular flexibility index (Phi) is 2.87. The molecule has 1 rings (SSSR count). The Hall–Kier alpha value is 0.320. The predicted octanol–water partition coefficient (Wildman–Crippen LogP) is -0.0636. The number of carbonyl (C=O) groups excluding carboxylic acids is 1. The summed E-state index contributed by atoms with van der Waals surface area (Å²) < 4.78 is 5.20. The van der Waals surface area contributed by atoms with Crippen molar-refractivity contribution in [3.63, 3.8) is 0 Å². The van der Waals surface area contributed by atoms with Crippen molar-refractivity contribution >= 4 is 26.4 Å². The Balaban J connectivity index is 2.31. The van der Waals surface area contributed by atoms with Crippen molar-refractivity contribution in [2.24, 2.45) is 0 Å². The summed E-state index contributed by atoms with van der Waals surface area (Å²) in [4.78, 5) is 10.6. The number of carbonyl (C=O) groups is 1. The van der Waals surface area contributed by atoms with E-state index in [0.717, 1.165) is 6.54 Å². The Labute approximate surface area is 67.3 Å². The Bertz CT molecular complexity index is 112. The lowest BCUT2D eigenvalue weighted by atomic mass is 10.3. The van der Waals surface area contributed by atoms with E-state index in [1.54, 1.807) is 22.6 Å². The predicted molar refractivity (Wildman–Crippen MR) is 41.6 cm³/mol. The Morgan fingerprint density at radius 1 is 1.78 bits per heavy atom. The van der Waals surface area contributed by atoms with Gasteiger partial charge >= 0.3 is 0 Å². The molecule has 0 amide bonds. The highest BCUT2D eigenvalue weighted by Gasteiger charge is 2.18. The smallest absolute Gasteiger partial charge is 0.222 e. The van der Waals surface area contributed by atoms with Crippen LogP contribution in [0.25, 0.3) is 0 Å². The molecular weight excluding hydrogens is 233 g/mol. The number of hydrogen-bond acceptors (Lipinski definition) is 3. The molecule has 1 fully saturated rings. The molecule has 3 nitrogen and oxygen atoms in total. The van der Waals surface area contributed by atoms with E-state index in [4.69, 9.17) is 4.74 Å². The third-order valence-electron chi connectivity index (χ3n) is 1.18. The quantitative estimate of drug-likeness (QED) is 0.516. The van der Waals surface area contributed by atoms with Crippen LogP contribution in [0.3, 0.4) is 0 Å². The lowest BCUT2D eigenvalue weighted by Crippen LogP contribution is -2.41. The zero-order valence-electron chi connectivity index (χ0n) is 4.89. The van der Waals surface area contributed by atoms with Gasteiger partial charge in [-0.15, -0.1) is 0 Å². The molecule has 1 unspecified atom stereocenters. The number of ether oxygens (including phenoxy) is 1. The number of nitrogens with one attached hydrogen (secondary N) is 1. The van der Waals surface area contributed by atoms with E-state index in [1.807, 2.05) is 0 Å². The second-order valence-electron chi connectivity index (χ2n) is 1.87. The molecule has 0 saturated carbocycles. The monoisotopic (exact) mass is 241 g/mol. The lowest BCUT2D eigenvalue weighted by Gasteiger charge is -2.19. The van der Waals surface area contributed by atoms with Gasteiger partial charge in [0.25, 0.3) is 0 Å². The van der Waals surface area contributed by atoms with Gasteiger partial charge in [-0.25, -0.2) is 0 Å². The van der Waals surface area contributed by atoms with Gasteiger partial charge < -0.3 is 10.1 Å². The third kappa shape index (κ3) is 2.19. The fourth-order valence-electron chi connectivity index (χ4n) is 0.711. The van der Waals surface area contributed by atoms with Crippen LogP contribution in [-0.4, -0.2) is 29.6 Å². The highest BCUT2D eigenvalue weighted by molar-refractivity contribution is 14.1. The normalized spacial score (nSPS) is 27.9. The van der Waals surface area contributed by atoms with Crippen LogP contribution in [0.15, 0.2) is 0 Å². The first-order chi connectivity index (χ1) is 4.30. The van der Waals surface area contributed by atoms with Crippen LogP contribution in [-0.2, 0) is 9.53 Å². The molecule has 1 N–H and O–H groups in total. The van der Waals surface area contributed by atoms with Crippen molar-refractivity contribution in [2.75, 3.05) is 19.7 Å². The van der Waals surface area contributed by atoms with Crippen LogP contribution in [0.1, 0.15) is 0 Å². The molecule has 1 saturated heterocycles. The number of morpholine rings is 1. The molecule has 0 aromatic carbocycles. The number of halogens is 1. The highest BCUT2D eigenvalue weighted by atomic mass is 127. The molecule has 0 aromatic rings. The Morgan fingerprint density at radius 2 is 2.56 bits per heavy atom. The fourth-order valence-corrected chi connectivity index (χ4v) is 1.11. The van der Waals surface area contributed by atoms with E-state index >= 15 is 0 Å². The van der Waals surface area contributed by atoms with Crippen LogP contribution in [0.5, 0.6) is 0 Å². The summed E-state index contributed by atoms with van der Waals surface area (Å²) >= 11 is 1.76. The fraction of sp³-hybridized carbons (Fsp3) is 0.800. The van der Waals surface area contributed by atoms with Gasteiger partial charge in [-0.3, -0.25) is 4.79 Å². The van der Waals surface area contributed by atoms with E-state index in [1.165, 1.54) is 0 Å². The van der Waals surface area contributed by atoms with Crippen molar-refractivity contribution < 1.29 is 9.53 Å². The summed E-state index contributed by atoms with van der Waals surface area (Å²) in [5, 5.41) is 3.07. The van der Waals surface area contributed by atoms with Crippen molar-refractivity contribution in [3.8, 4) is 0 Å². The molecule has 52 valence electrons. The topological polar surface area (TPSA) is 38.3 Å². The van der Waals surface area contributed by atoms with E-state index < -0.39 is 0 Å². The maximum Gasteiger partial charge on any atom is 0.222 e. The minimum atomic E-state index is -0.209. The lowest BCUT2D eigenvalue weighted by molar-refractivity contribution is -0.121. The molecular formula is C5H8INO2. The second-order valence-corrected chi connectivity index (χ2v) is 2.93. The standard InChI is InChI=1S/C5H8INO2/c6-5(8)4-3-7-1-2-9-4/h4,7H,1-3H2. The maximum absolute atomic E-state index is 10.6. The molecule has 1 atom stereocenters. The molecule has 4 heteroatoms. The minimum absolute atomic E-state index is 0.0831. The largest absolute Gasteiger partial charge is 0.367 e. The van der Waals surface area contributed by atoms with Crippen LogP contribution in [0, 0.1) is 0 Å². The first-order valence-corrected chi connectivity index (χ1v) is 3.90. The van der Waals surface area contributed by atoms with Crippen LogP contribution < -0.4 is 5.32 Å².